The number of nitrogens with zero attached hydrogens (tertiary/aromatic N) is 1. The summed E-state index contributed by atoms with van der Waals surface area (Å²) in [6, 6.07) is 0.673. The van der Waals surface area contributed by atoms with E-state index in [-0.39, 0.29) is 0 Å². The van der Waals surface area contributed by atoms with E-state index in [1.54, 1.807) is 0 Å². The molecule has 1 saturated carbocycles. The van der Waals surface area contributed by atoms with Crippen LogP contribution in [0.5, 0.6) is 0 Å². The van der Waals surface area contributed by atoms with Crippen LogP contribution in [0.25, 0.3) is 0 Å². The van der Waals surface area contributed by atoms with Crippen molar-refractivity contribution in [2.45, 2.75) is 51.0 Å². The van der Waals surface area contributed by atoms with Crippen LogP contribution in [0.3, 0.4) is 0 Å². The van der Waals surface area contributed by atoms with Crippen molar-refractivity contribution >= 4 is 11.8 Å². The Morgan fingerprint density at radius 1 is 1.00 bits per heavy atom. The Bertz CT molecular complexity index is 174. The fourth-order valence-electron chi connectivity index (χ4n) is 3.43. The van der Waals surface area contributed by atoms with Crippen LogP contribution in [0.4, 0.5) is 0 Å². The summed E-state index contributed by atoms with van der Waals surface area (Å²) in [6.45, 7) is 3.42. The van der Waals surface area contributed by atoms with Gasteiger partial charge in [0.15, 0.2) is 0 Å². The Morgan fingerprint density at radius 3 is 2.47 bits per heavy atom. The lowest BCUT2D eigenvalue weighted by molar-refractivity contribution is 0.145. The Labute approximate surface area is 111 Å². The van der Waals surface area contributed by atoms with Gasteiger partial charge in [-0.15, -0.1) is 0 Å². The number of nitrogens with two attached hydrogens (primary N) is 1. The van der Waals surface area contributed by atoms with Crippen molar-refractivity contribution < 1.29 is 0 Å². The molecule has 2 nitrogen and oxygen atoms in total. The van der Waals surface area contributed by atoms with Crippen LogP contribution in [-0.4, -0.2) is 42.1 Å². The molecule has 0 spiro atoms. The van der Waals surface area contributed by atoms with E-state index in [9.17, 15) is 0 Å². The van der Waals surface area contributed by atoms with Gasteiger partial charge in [0.05, 0.1) is 0 Å². The standard InChI is InChI=1S/C14H28N2S/c15-12-14(13-6-3-1-2-4-7-13)16-8-5-10-17-11-9-16/h13-14H,1-12,15H2. The molecule has 2 rings (SSSR count). The Kier molecular flexibility index (Phi) is 6.16. The highest BCUT2D eigenvalue weighted by Gasteiger charge is 2.27. The summed E-state index contributed by atoms with van der Waals surface area (Å²) >= 11 is 2.12. The average molecular weight is 256 g/mol. The van der Waals surface area contributed by atoms with E-state index < -0.39 is 0 Å². The van der Waals surface area contributed by atoms with Gasteiger partial charge in [-0.1, -0.05) is 25.7 Å². The normalized spacial score (nSPS) is 27.4. The number of hydrogen-bond acceptors (Lipinski definition) is 3. The van der Waals surface area contributed by atoms with Gasteiger partial charge in [0.2, 0.25) is 0 Å². The van der Waals surface area contributed by atoms with Gasteiger partial charge in [0.1, 0.15) is 0 Å². The SMILES string of the molecule is NCC(C1CCCCCC1)N1CCCSCC1. The van der Waals surface area contributed by atoms with Crippen LogP contribution in [0, 0.1) is 5.92 Å². The highest BCUT2D eigenvalue weighted by molar-refractivity contribution is 7.99. The Morgan fingerprint density at radius 2 is 1.76 bits per heavy atom. The van der Waals surface area contributed by atoms with E-state index in [0.29, 0.717) is 6.04 Å². The van der Waals surface area contributed by atoms with Gasteiger partial charge in [-0.05, 0) is 37.5 Å². The highest BCUT2D eigenvalue weighted by atomic mass is 32.2. The molecule has 2 fully saturated rings. The van der Waals surface area contributed by atoms with Crippen molar-refractivity contribution in [1.29, 1.82) is 0 Å². The van der Waals surface area contributed by atoms with Crippen LogP contribution >= 0.6 is 11.8 Å². The lowest BCUT2D eigenvalue weighted by Crippen LogP contribution is -2.46. The topological polar surface area (TPSA) is 29.3 Å². The molecule has 100 valence electrons. The molecule has 0 aromatic heterocycles. The molecule has 1 heterocycles. The van der Waals surface area contributed by atoms with Crippen LogP contribution < -0.4 is 5.73 Å². The lowest BCUT2D eigenvalue weighted by Gasteiger charge is -2.35. The van der Waals surface area contributed by atoms with Gasteiger partial charge in [0.25, 0.3) is 0 Å². The molecule has 0 aromatic carbocycles. The first kappa shape index (κ1) is 13.7. The monoisotopic (exact) mass is 256 g/mol. The molecule has 0 aromatic rings. The van der Waals surface area contributed by atoms with Gasteiger partial charge >= 0.3 is 0 Å². The largest absolute Gasteiger partial charge is 0.329 e. The Balaban J connectivity index is 1.92. The maximum atomic E-state index is 6.09. The molecular weight excluding hydrogens is 228 g/mol. The Hall–Kier alpha value is 0.270. The summed E-state index contributed by atoms with van der Waals surface area (Å²) < 4.78 is 0. The molecule has 1 unspecified atom stereocenters. The van der Waals surface area contributed by atoms with Crippen molar-refractivity contribution in [3.63, 3.8) is 0 Å². The first-order valence-corrected chi connectivity index (χ1v) is 8.59. The predicted molar refractivity (Wildman–Crippen MR) is 77.5 cm³/mol. The zero-order chi connectivity index (χ0) is 11.9. The van der Waals surface area contributed by atoms with Crippen LogP contribution in [-0.2, 0) is 0 Å². The minimum atomic E-state index is 0.673. The summed E-state index contributed by atoms with van der Waals surface area (Å²) in [6.07, 6.45) is 9.96. The molecule has 1 aliphatic heterocycles. The third-order valence-electron chi connectivity index (χ3n) is 4.41. The van der Waals surface area contributed by atoms with Crippen LogP contribution in [0.2, 0.25) is 0 Å². The van der Waals surface area contributed by atoms with E-state index in [4.69, 9.17) is 5.73 Å². The quantitative estimate of drug-likeness (QED) is 0.787. The third kappa shape index (κ3) is 4.15. The number of hydrogen-bond donors (Lipinski definition) is 1. The van der Waals surface area contributed by atoms with Crippen molar-refractivity contribution in [3.8, 4) is 0 Å². The van der Waals surface area contributed by atoms with Gasteiger partial charge in [-0.3, -0.25) is 4.90 Å². The van der Waals surface area contributed by atoms with Crippen LogP contribution in [0.1, 0.15) is 44.9 Å². The minimum Gasteiger partial charge on any atom is -0.329 e. The summed E-state index contributed by atoms with van der Waals surface area (Å²) in [5, 5.41) is 0. The van der Waals surface area contributed by atoms with E-state index >= 15 is 0 Å². The third-order valence-corrected chi connectivity index (χ3v) is 5.46. The van der Waals surface area contributed by atoms with E-state index in [0.717, 1.165) is 12.5 Å². The molecule has 0 bridgehead atoms. The highest BCUT2D eigenvalue weighted by Crippen LogP contribution is 2.28. The smallest absolute Gasteiger partial charge is 0.0246 e. The maximum absolute atomic E-state index is 6.09. The predicted octanol–water partition coefficient (Wildman–Crippen LogP) is 2.72. The second-order valence-corrected chi connectivity index (χ2v) is 6.78. The van der Waals surface area contributed by atoms with Crippen molar-refractivity contribution in [1.82, 2.24) is 4.90 Å². The number of rotatable bonds is 3. The summed E-state index contributed by atoms with van der Waals surface area (Å²) in [4.78, 5) is 2.70. The van der Waals surface area contributed by atoms with Crippen molar-refractivity contribution in [2.24, 2.45) is 11.7 Å². The van der Waals surface area contributed by atoms with Gasteiger partial charge in [-0.25, -0.2) is 0 Å². The van der Waals surface area contributed by atoms with E-state index in [1.807, 2.05) is 0 Å². The van der Waals surface area contributed by atoms with Gasteiger partial charge in [0, 0.05) is 24.9 Å². The molecule has 2 N–H and O–H groups in total. The second-order valence-electron chi connectivity index (χ2n) is 5.56. The molecule has 0 radical (unpaired) electrons. The lowest BCUT2D eigenvalue weighted by atomic mass is 9.90. The fourth-order valence-corrected chi connectivity index (χ4v) is 4.33. The summed E-state index contributed by atoms with van der Waals surface area (Å²) in [5.41, 5.74) is 6.09. The molecule has 0 amide bonds. The fraction of sp³-hybridized carbons (Fsp3) is 1.00. The minimum absolute atomic E-state index is 0.673. The van der Waals surface area contributed by atoms with Crippen LogP contribution in [0.15, 0.2) is 0 Å². The molecule has 1 saturated heterocycles. The van der Waals surface area contributed by atoms with Gasteiger partial charge in [-0.2, -0.15) is 11.8 Å². The maximum Gasteiger partial charge on any atom is 0.0246 e. The first-order chi connectivity index (χ1) is 8.42. The molecule has 2 aliphatic rings. The van der Waals surface area contributed by atoms with E-state index in [1.165, 1.54) is 69.5 Å². The van der Waals surface area contributed by atoms with Crippen molar-refractivity contribution in [2.75, 3.05) is 31.1 Å². The first-order valence-electron chi connectivity index (χ1n) is 7.43. The number of thioether (sulfide) groups is 1. The molecule has 17 heavy (non-hydrogen) atoms. The zero-order valence-corrected chi connectivity index (χ0v) is 11.9. The van der Waals surface area contributed by atoms with E-state index in [2.05, 4.69) is 16.7 Å². The summed E-state index contributed by atoms with van der Waals surface area (Å²) in [7, 11) is 0. The molecule has 1 aliphatic carbocycles. The van der Waals surface area contributed by atoms with Gasteiger partial charge < -0.3 is 5.73 Å². The average Bonchev–Trinajstić information content (AvgIpc) is 2.75. The molecule has 1 atom stereocenters. The second kappa shape index (κ2) is 7.65. The zero-order valence-electron chi connectivity index (χ0n) is 11.1. The molecular formula is C14H28N2S. The van der Waals surface area contributed by atoms with Crippen molar-refractivity contribution in [3.05, 3.63) is 0 Å². The molecule has 3 heteroatoms. The summed E-state index contributed by atoms with van der Waals surface area (Å²) in [5.74, 6) is 3.53.